The Labute approximate surface area is 163 Å². The molecule has 1 aliphatic heterocycles. The van der Waals surface area contributed by atoms with Gasteiger partial charge in [0.05, 0.1) is 5.41 Å². The largest absolute Gasteiger partial charge is 0.342 e. The van der Waals surface area contributed by atoms with Gasteiger partial charge in [0, 0.05) is 13.1 Å². The molecular formula is C21H32ClFN2O. The number of rotatable bonds is 5. The highest BCUT2D eigenvalue weighted by molar-refractivity contribution is 5.88. The van der Waals surface area contributed by atoms with E-state index in [4.69, 9.17) is 0 Å². The fourth-order valence-electron chi connectivity index (χ4n) is 4.64. The van der Waals surface area contributed by atoms with Gasteiger partial charge < -0.3 is 10.2 Å². The van der Waals surface area contributed by atoms with E-state index in [1.165, 1.54) is 18.9 Å². The summed E-state index contributed by atoms with van der Waals surface area (Å²) in [7, 11) is 1.99. The highest BCUT2D eigenvalue weighted by Crippen LogP contribution is 2.42. The van der Waals surface area contributed by atoms with Gasteiger partial charge in [0.25, 0.3) is 0 Å². The molecule has 5 heteroatoms. The maximum atomic E-state index is 13.8. The Morgan fingerprint density at radius 3 is 2.54 bits per heavy atom. The molecule has 1 amide bonds. The van der Waals surface area contributed by atoms with Crippen molar-refractivity contribution in [3.05, 3.63) is 35.6 Å². The number of halogens is 2. The second-order valence-electron chi connectivity index (χ2n) is 7.78. The topological polar surface area (TPSA) is 32.3 Å². The normalized spacial score (nSPS) is 20.5. The van der Waals surface area contributed by atoms with Crippen LogP contribution in [-0.4, -0.2) is 37.5 Å². The fraction of sp³-hybridized carbons (Fsp3) is 0.667. The number of piperidine rings is 1. The first-order valence-corrected chi connectivity index (χ1v) is 9.86. The SMILES string of the molecule is CNCCC1CCN(C(=O)C2(c3cccc(F)c3)CCCCC2)CC1.Cl. The zero-order valence-electron chi connectivity index (χ0n) is 15.8. The minimum Gasteiger partial charge on any atom is -0.342 e. The zero-order valence-corrected chi connectivity index (χ0v) is 16.6. The van der Waals surface area contributed by atoms with E-state index in [9.17, 15) is 9.18 Å². The van der Waals surface area contributed by atoms with Crippen LogP contribution in [0.1, 0.15) is 56.9 Å². The van der Waals surface area contributed by atoms with Crippen molar-refractivity contribution in [1.29, 1.82) is 0 Å². The summed E-state index contributed by atoms with van der Waals surface area (Å²) in [5.74, 6) is 0.721. The number of hydrogen-bond acceptors (Lipinski definition) is 2. The summed E-state index contributed by atoms with van der Waals surface area (Å²) in [5.41, 5.74) is 0.382. The van der Waals surface area contributed by atoms with Crippen molar-refractivity contribution in [2.24, 2.45) is 5.92 Å². The summed E-state index contributed by atoms with van der Waals surface area (Å²) < 4.78 is 13.8. The van der Waals surface area contributed by atoms with Gasteiger partial charge in [0.2, 0.25) is 5.91 Å². The van der Waals surface area contributed by atoms with E-state index < -0.39 is 5.41 Å². The molecule has 146 valence electrons. The Morgan fingerprint density at radius 2 is 1.92 bits per heavy atom. The summed E-state index contributed by atoms with van der Waals surface area (Å²) in [6.45, 7) is 2.75. The average molecular weight is 383 g/mol. The van der Waals surface area contributed by atoms with Gasteiger partial charge >= 0.3 is 0 Å². The molecule has 3 rings (SSSR count). The van der Waals surface area contributed by atoms with Crippen molar-refractivity contribution in [1.82, 2.24) is 10.2 Å². The van der Waals surface area contributed by atoms with Crippen LogP contribution in [0.3, 0.4) is 0 Å². The van der Waals surface area contributed by atoms with Gasteiger partial charge in [-0.05, 0) is 69.3 Å². The van der Waals surface area contributed by atoms with Crippen LogP contribution in [0, 0.1) is 11.7 Å². The third-order valence-corrected chi connectivity index (χ3v) is 6.20. The van der Waals surface area contributed by atoms with Crippen LogP contribution in [0.4, 0.5) is 4.39 Å². The van der Waals surface area contributed by atoms with E-state index in [1.54, 1.807) is 12.1 Å². The van der Waals surface area contributed by atoms with Gasteiger partial charge in [-0.3, -0.25) is 4.79 Å². The molecule has 1 aliphatic carbocycles. The predicted octanol–water partition coefficient (Wildman–Crippen LogP) is 4.30. The van der Waals surface area contributed by atoms with Crippen molar-refractivity contribution in [3.8, 4) is 0 Å². The second-order valence-corrected chi connectivity index (χ2v) is 7.78. The quantitative estimate of drug-likeness (QED) is 0.823. The van der Waals surface area contributed by atoms with E-state index in [2.05, 4.69) is 10.2 Å². The molecule has 0 radical (unpaired) electrons. The summed E-state index contributed by atoms with van der Waals surface area (Å²) in [6.07, 6.45) is 8.37. The maximum absolute atomic E-state index is 13.8. The molecule has 3 nitrogen and oxygen atoms in total. The number of nitrogens with one attached hydrogen (secondary N) is 1. The van der Waals surface area contributed by atoms with Gasteiger partial charge in [-0.1, -0.05) is 31.4 Å². The maximum Gasteiger partial charge on any atom is 0.233 e. The molecule has 0 unspecified atom stereocenters. The van der Waals surface area contributed by atoms with Crippen LogP contribution >= 0.6 is 12.4 Å². The lowest BCUT2D eigenvalue weighted by molar-refractivity contribution is -0.140. The van der Waals surface area contributed by atoms with Gasteiger partial charge in [0.1, 0.15) is 5.82 Å². The van der Waals surface area contributed by atoms with Crippen LogP contribution in [0.15, 0.2) is 24.3 Å². The van der Waals surface area contributed by atoms with Crippen LogP contribution in [-0.2, 0) is 10.2 Å². The first-order valence-electron chi connectivity index (χ1n) is 9.86. The monoisotopic (exact) mass is 382 g/mol. The first-order chi connectivity index (χ1) is 12.2. The average Bonchev–Trinajstić information content (AvgIpc) is 2.67. The minimum absolute atomic E-state index is 0. The van der Waals surface area contributed by atoms with E-state index in [0.717, 1.165) is 63.7 Å². The van der Waals surface area contributed by atoms with E-state index in [-0.39, 0.29) is 24.1 Å². The van der Waals surface area contributed by atoms with Crippen molar-refractivity contribution in [2.45, 2.75) is 56.8 Å². The van der Waals surface area contributed by atoms with Crippen LogP contribution < -0.4 is 5.32 Å². The summed E-state index contributed by atoms with van der Waals surface area (Å²) in [5, 5.41) is 3.22. The van der Waals surface area contributed by atoms with E-state index in [1.807, 2.05) is 13.1 Å². The van der Waals surface area contributed by atoms with Crippen LogP contribution in [0.25, 0.3) is 0 Å². The number of nitrogens with zero attached hydrogens (tertiary/aromatic N) is 1. The molecule has 0 spiro atoms. The number of likely N-dealkylation sites (tertiary alicyclic amines) is 1. The molecule has 1 saturated heterocycles. The van der Waals surface area contributed by atoms with E-state index in [0.29, 0.717) is 5.92 Å². The van der Waals surface area contributed by atoms with Crippen molar-refractivity contribution >= 4 is 18.3 Å². The highest BCUT2D eigenvalue weighted by Gasteiger charge is 2.44. The van der Waals surface area contributed by atoms with Crippen LogP contribution in [0.2, 0.25) is 0 Å². The molecule has 2 aliphatic rings. The molecule has 0 bridgehead atoms. The van der Waals surface area contributed by atoms with E-state index >= 15 is 0 Å². The molecule has 1 aromatic rings. The fourth-order valence-corrected chi connectivity index (χ4v) is 4.64. The predicted molar refractivity (Wildman–Crippen MR) is 106 cm³/mol. The summed E-state index contributed by atoms with van der Waals surface area (Å²) in [6, 6.07) is 6.75. The smallest absolute Gasteiger partial charge is 0.233 e. The number of amides is 1. The number of carbonyl (C=O) groups is 1. The Bertz CT molecular complexity index is 581. The molecule has 1 N–H and O–H groups in total. The van der Waals surface area contributed by atoms with Crippen molar-refractivity contribution in [2.75, 3.05) is 26.7 Å². The van der Waals surface area contributed by atoms with Crippen molar-refractivity contribution < 1.29 is 9.18 Å². The molecule has 26 heavy (non-hydrogen) atoms. The van der Waals surface area contributed by atoms with Crippen LogP contribution in [0.5, 0.6) is 0 Å². The molecule has 0 atom stereocenters. The molecule has 1 heterocycles. The number of carbonyl (C=O) groups excluding carboxylic acids is 1. The Balaban J connectivity index is 0.00000243. The molecule has 1 aromatic carbocycles. The lowest BCUT2D eigenvalue weighted by Gasteiger charge is -2.42. The summed E-state index contributed by atoms with van der Waals surface area (Å²) in [4.78, 5) is 15.6. The third kappa shape index (κ3) is 4.58. The standard InChI is InChI=1S/C21H31FN2O.ClH/c1-23-13-8-17-9-14-24(15-10-17)20(25)21(11-3-2-4-12-21)18-6-5-7-19(22)16-18;/h5-7,16-17,23H,2-4,8-15H2,1H3;1H. The van der Waals surface area contributed by atoms with Gasteiger partial charge in [-0.25, -0.2) is 4.39 Å². The molecule has 0 aromatic heterocycles. The second kappa shape index (κ2) is 9.70. The molecular weight excluding hydrogens is 351 g/mol. The van der Waals surface area contributed by atoms with Gasteiger partial charge in [-0.15, -0.1) is 12.4 Å². The lowest BCUT2D eigenvalue weighted by Crippen LogP contribution is -2.50. The molecule has 1 saturated carbocycles. The van der Waals surface area contributed by atoms with Gasteiger partial charge in [-0.2, -0.15) is 0 Å². The minimum atomic E-state index is -0.502. The number of benzene rings is 1. The summed E-state index contributed by atoms with van der Waals surface area (Å²) >= 11 is 0. The Kier molecular flexibility index (Phi) is 7.90. The number of hydrogen-bond donors (Lipinski definition) is 1. The highest BCUT2D eigenvalue weighted by atomic mass is 35.5. The van der Waals surface area contributed by atoms with Gasteiger partial charge in [0.15, 0.2) is 0 Å². The molecule has 2 fully saturated rings. The first kappa shape index (κ1) is 21.2. The zero-order chi connectivity index (χ0) is 17.7. The third-order valence-electron chi connectivity index (χ3n) is 6.20. The Hall–Kier alpha value is -1.13. The van der Waals surface area contributed by atoms with Crippen molar-refractivity contribution in [3.63, 3.8) is 0 Å². The Morgan fingerprint density at radius 1 is 1.23 bits per heavy atom. The lowest BCUT2D eigenvalue weighted by atomic mass is 9.68.